The number of carbonyl (C=O) groups excluding carboxylic acids is 1. The quantitative estimate of drug-likeness (QED) is 0.875. The Bertz CT molecular complexity index is 467. The maximum atomic E-state index is 12.4. The molecule has 1 aliphatic rings. The topological polar surface area (TPSA) is 35.6 Å². The van der Waals surface area contributed by atoms with E-state index in [9.17, 15) is 4.79 Å². The predicted octanol–water partition coefficient (Wildman–Crippen LogP) is 3.16. The first-order valence-corrected chi connectivity index (χ1v) is 8.90. The van der Waals surface area contributed by atoms with E-state index in [2.05, 4.69) is 55.3 Å². The Kier molecular flexibility index (Phi) is 6.90. The molecule has 0 aliphatic carbocycles. The minimum Gasteiger partial charge on any atom is -0.337 e. The molecule has 1 aromatic carbocycles. The third-order valence-corrected chi connectivity index (χ3v) is 4.55. The SMILES string of the molecule is CCC(CNC(=O)N1CCN(CC(C)C)CC1)c1ccccc1. The van der Waals surface area contributed by atoms with Crippen LogP contribution in [0.15, 0.2) is 30.3 Å². The Morgan fingerprint density at radius 1 is 1.13 bits per heavy atom. The third kappa shape index (κ3) is 5.54. The van der Waals surface area contributed by atoms with Gasteiger partial charge in [0.25, 0.3) is 0 Å². The lowest BCUT2D eigenvalue weighted by atomic mass is 9.97. The minimum atomic E-state index is 0.0866. The smallest absolute Gasteiger partial charge is 0.317 e. The van der Waals surface area contributed by atoms with Crippen LogP contribution in [0.3, 0.4) is 0 Å². The molecule has 23 heavy (non-hydrogen) atoms. The Hall–Kier alpha value is -1.55. The molecule has 1 heterocycles. The lowest BCUT2D eigenvalue weighted by Gasteiger charge is -2.35. The minimum absolute atomic E-state index is 0.0866. The van der Waals surface area contributed by atoms with Gasteiger partial charge in [-0.1, -0.05) is 51.1 Å². The summed E-state index contributed by atoms with van der Waals surface area (Å²) in [7, 11) is 0. The molecule has 1 unspecified atom stereocenters. The van der Waals surface area contributed by atoms with E-state index < -0.39 is 0 Å². The highest BCUT2D eigenvalue weighted by Crippen LogP contribution is 2.18. The van der Waals surface area contributed by atoms with E-state index >= 15 is 0 Å². The van der Waals surface area contributed by atoms with Crippen LogP contribution >= 0.6 is 0 Å². The summed E-state index contributed by atoms with van der Waals surface area (Å²) in [4.78, 5) is 16.8. The van der Waals surface area contributed by atoms with E-state index in [1.807, 2.05) is 11.0 Å². The summed E-state index contributed by atoms with van der Waals surface area (Å²) < 4.78 is 0. The molecule has 0 aromatic heterocycles. The van der Waals surface area contributed by atoms with Gasteiger partial charge in [0.15, 0.2) is 0 Å². The third-order valence-electron chi connectivity index (χ3n) is 4.55. The lowest BCUT2D eigenvalue weighted by Crippen LogP contribution is -2.52. The monoisotopic (exact) mass is 317 g/mol. The highest BCUT2D eigenvalue weighted by molar-refractivity contribution is 5.74. The van der Waals surface area contributed by atoms with Crippen LogP contribution in [0.25, 0.3) is 0 Å². The molecule has 128 valence electrons. The molecule has 1 N–H and O–H groups in total. The number of hydrogen-bond donors (Lipinski definition) is 1. The normalized spacial score (nSPS) is 17.3. The molecule has 4 heteroatoms. The summed E-state index contributed by atoms with van der Waals surface area (Å²) in [6.45, 7) is 12.1. The van der Waals surface area contributed by atoms with Gasteiger partial charge in [-0.05, 0) is 17.9 Å². The van der Waals surface area contributed by atoms with Crippen LogP contribution in [-0.4, -0.2) is 55.1 Å². The van der Waals surface area contributed by atoms with Crippen molar-refractivity contribution in [2.24, 2.45) is 5.92 Å². The fourth-order valence-corrected chi connectivity index (χ4v) is 3.20. The molecule has 1 atom stereocenters. The zero-order valence-corrected chi connectivity index (χ0v) is 14.8. The van der Waals surface area contributed by atoms with Gasteiger partial charge in [0.05, 0.1) is 0 Å². The number of hydrogen-bond acceptors (Lipinski definition) is 2. The van der Waals surface area contributed by atoms with Gasteiger partial charge in [0.2, 0.25) is 0 Å². The van der Waals surface area contributed by atoms with Gasteiger partial charge in [0.1, 0.15) is 0 Å². The Balaban J connectivity index is 1.77. The van der Waals surface area contributed by atoms with Crippen LogP contribution in [-0.2, 0) is 0 Å². The Morgan fingerprint density at radius 2 is 1.78 bits per heavy atom. The first-order valence-electron chi connectivity index (χ1n) is 8.90. The number of benzene rings is 1. The van der Waals surface area contributed by atoms with Crippen LogP contribution in [0, 0.1) is 5.92 Å². The van der Waals surface area contributed by atoms with Gasteiger partial charge in [0, 0.05) is 45.2 Å². The van der Waals surface area contributed by atoms with E-state index in [1.165, 1.54) is 5.56 Å². The molecule has 0 saturated carbocycles. The first kappa shape index (κ1) is 17.8. The summed E-state index contributed by atoms with van der Waals surface area (Å²) >= 11 is 0. The van der Waals surface area contributed by atoms with E-state index in [1.54, 1.807) is 0 Å². The Labute approximate surface area is 140 Å². The standard InChI is InChI=1S/C19H31N3O/c1-4-17(18-8-6-5-7-9-18)14-20-19(23)22-12-10-21(11-13-22)15-16(2)3/h5-9,16-17H,4,10-15H2,1-3H3,(H,20,23). The second-order valence-electron chi connectivity index (χ2n) is 6.88. The first-order chi connectivity index (χ1) is 11.1. The highest BCUT2D eigenvalue weighted by Gasteiger charge is 2.21. The maximum Gasteiger partial charge on any atom is 0.317 e. The zero-order valence-electron chi connectivity index (χ0n) is 14.8. The van der Waals surface area contributed by atoms with Crippen molar-refractivity contribution in [3.05, 3.63) is 35.9 Å². The van der Waals surface area contributed by atoms with Gasteiger partial charge >= 0.3 is 6.03 Å². The summed E-state index contributed by atoms with van der Waals surface area (Å²) in [5.41, 5.74) is 1.30. The molecular weight excluding hydrogens is 286 g/mol. The van der Waals surface area contributed by atoms with Gasteiger partial charge in [-0.25, -0.2) is 4.79 Å². The summed E-state index contributed by atoms with van der Waals surface area (Å²) in [5, 5.41) is 3.13. The average molecular weight is 317 g/mol. The van der Waals surface area contributed by atoms with Gasteiger partial charge in [-0.3, -0.25) is 4.90 Å². The van der Waals surface area contributed by atoms with Crippen LogP contribution in [0.4, 0.5) is 4.79 Å². The second-order valence-corrected chi connectivity index (χ2v) is 6.88. The number of rotatable bonds is 6. The zero-order chi connectivity index (χ0) is 16.7. The van der Waals surface area contributed by atoms with Gasteiger partial charge < -0.3 is 10.2 Å². The fraction of sp³-hybridized carbons (Fsp3) is 0.632. The summed E-state index contributed by atoms with van der Waals surface area (Å²) in [5.74, 6) is 1.08. The van der Waals surface area contributed by atoms with Crippen molar-refractivity contribution in [3.8, 4) is 0 Å². The van der Waals surface area contributed by atoms with Gasteiger partial charge in [-0.15, -0.1) is 0 Å². The molecule has 4 nitrogen and oxygen atoms in total. The number of nitrogens with one attached hydrogen (secondary N) is 1. The van der Waals surface area contributed by atoms with Crippen LogP contribution in [0.1, 0.15) is 38.7 Å². The van der Waals surface area contributed by atoms with Crippen molar-refractivity contribution < 1.29 is 4.79 Å². The molecule has 2 rings (SSSR count). The summed E-state index contributed by atoms with van der Waals surface area (Å²) in [6.07, 6.45) is 1.03. The van der Waals surface area contributed by atoms with Crippen molar-refractivity contribution in [1.29, 1.82) is 0 Å². The molecule has 1 aromatic rings. The molecule has 1 fully saturated rings. The Morgan fingerprint density at radius 3 is 2.35 bits per heavy atom. The fourth-order valence-electron chi connectivity index (χ4n) is 3.20. The number of urea groups is 1. The number of nitrogens with zero attached hydrogens (tertiary/aromatic N) is 2. The maximum absolute atomic E-state index is 12.4. The molecule has 1 saturated heterocycles. The predicted molar refractivity (Wildman–Crippen MR) is 95.7 cm³/mol. The van der Waals surface area contributed by atoms with Crippen LogP contribution in [0.5, 0.6) is 0 Å². The van der Waals surface area contributed by atoms with Crippen LogP contribution < -0.4 is 5.32 Å². The summed E-state index contributed by atoms with van der Waals surface area (Å²) in [6, 6.07) is 10.5. The molecule has 2 amide bonds. The van der Waals surface area contributed by atoms with E-state index in [0.29, 0.717) is 18.4 Å². The van der Waals surface area contributed by atoms with Crippen molar-refractivity contribution in [2.75, 3.05) is 39.3 Å². The van der Waals surface area contributed by atoms with E-state index in [-0.39, 0.29) is 6.03 Å². The molecule has 0 radical (unpaired) electrons. The van der Waals surface area contributed by atoms with E-state index in [0.717, 1.165) is 39.1 Å². The molecule has 0 bridgehead atoms. The van der Waals surface area contributed by atoms with Crippen molar-refractivity contribution in [2.45, 2.75) is 33.1 Å². The van der Waals surface area contributed by atoms with Crippen molar-refractivity contribution in [3.63, 3.8) is 0 Å². The average Bonchev–Trinajstić information content (AvgIpc) is 2.56. The van der Waals surface area contributed by atoms with Gasteiger partial charge in [-0.2, -0.15) is 0 Å². The second kappa shape index (κ2) is 8.92. The molecular formula is C19H31N3O. The van der Waals surface area contributed by atoms with Crippen LogP contribution in [0.2, 0.25) is 0 Å². The number of amides is 2. The van der Waals surface area contributed by atoms with Crippen molar-refractivity contribution >= 4 is 6.03 Å². The highest BCUT2D eigenvalue weighted by atomic mass is 16.2. The lowest BCUT2D eigenvalue weighted by molar-refractivity contribution is 0.131. The largest absolute Gasteiger partial charge is 0.337 e. The molecule has 1 aliphatic heterocycles. The van der Waals surface area contributed by atoms with E-state index in [4.69, 9.17) is 0 Å². The number of piperazine rings is 1. The number of carbonyl (C=O) groups is 1. The molecule has 0 spiro atoms. The van der Waals surface area contributed by atoms with Crippen molar-refractivity contribution in [1.82, 2.24) is 15.1 Å².